The molecule has 6 nitrogen and oxygen atoms in total. The summed E-state index contributed by atoms with van der Waals surface area (Å²) in [4.78, 5) is 11.5. The van der Waals surface area contributed by atoms with Crippen molar-refractivity contribution in [2.24, 2.45) is 5.41 Å². The summed E-state index contributed by atoms with van der Waals surface area (Å²) in [5.41, 5.74) is -1.02. The van der Waals surface area contributed by atoms with Gasteiger partial charge in [-0.2, -0.15) is 17.4 Å². The highest BCUT2D eigenvalue weighted by Gasteiger charge is 2.45. The molecule has 21 heavy (non-hydrogen) atoms. The molecule has 0 saturated heterocycles. The highest BCUT2D eigenvalue weighted by molar-refractivity contribution is 7.87. The van der Waals surface area contributed by atoms with Gasteiger partial charge in [0.1, 0.15) is 0 Å². The molecule has 1 rings (SSSR count). The van der Waals surface area contributed by atoms with E-state index in [2.05, 4.69) is 4.72 Å². The van der Waals surface area contributed by atoms with Gasteiger partial charge >= 0.3 is 5.97 Å². The van der Waals surface area contributed by atoms with Crippen LogP contribution in [0.3, 0.4) is 0 Å². The number of hydrogen-bond acceptors (Lipinski definition) is 3. The Bertz CT molecular complexity index is 446. The van der Waals surface area contributed by atoms with E-state index in [0.717, 1.165) is 25.7 Å². The van der Waals surface area contributed by atoms with Crippen LogP contribution in [0.2, 0.25) is 0 Å². The maximum atomic E-state index is 12.5. The van der Waals surface area contributed by atoms with Crippen LogP contribution in [0.5, 0.6) is 0 Å². The van der Waals surface area contributed by atoms with Crippen molar-refractivity contribution in [2.45, 2.75) is 65.3 Å². The van der Waals surface area contributed by atoms with Crippen LogP contribution in [0.1, 0.15) is 59.3 Å². The third kappa shape index (κ3) is 4.40. The number of nitrogens with zero attached hydrogens (tertiary/aromatic N) is 1. The molecule has 0 aromatic carbocycles. The quantitative estimate of drug-likeness (QED) is 0.716. The number of aliphatic carboxylic acids is 1. The fourth-order valence-electron chi connectivity index (χ4n) is 2.88. The molecule has 1 aliphatic carbocycles. The molecule has 0 radical (unpaired) electrons. The minimum Gasteiger partial charge on any atom is -0.481 e. The van der Waals surface area contributed by atoms with Crippen LogP contribution in [0.25, 0.3) is 0 Å². The van der Waals surface area contributed by atoms with Crippen LogP contribution in [0.15, 0.2) is 0 Å². The van der Waals surface area contributed by atoms with Crippen LogP contribution in [-0.2, 0) is 15.0 Å². The Kier molecular flexibility index (Phi) is 6.62. The van der Waals surface area contributed by atoms with Crippen molar-refractivity contribution in [3.63, 3.8) is 0 Å². The van der Waals surface area contributed by atoms with Crippen molar-refractivity contribution in [2.75, 3.05) is 13.1 Å². The van der Waals surface area contributed by atoms with E-state index in [0.29, 0.717) is 25.9 Å². The highest BCUT2D eigenvalue weighted by Crippen LogP contribution is 2.36. The second-order valence-corrected chi connectivity index (χ2v) is 7.75. The molecule has 2 atom stereocenters. The fourth-order valence-corrected chi connectivity index (χ4v) is 4.62. The standard InChI is InChI=1S/C14H28N2O4S/c1-4-10-16(11-5-2)21(19,20)15-12-8-6-7-9-14(12,3)13(17)18/h12,15H,4-11H2,1-3H3,(H,17,18). The van der Waals surface area contributed by atoms with Gasteiger partial charge in [-0.3, -0.25) is 4.79 Å². The molecule has 2 unspecified atom stereocenters. The van der Waals surface area contributed by atoms with E-state index in [4.69, 9.17) is 0 Å². The number of carboxylic acids is 1. The molecule has 1 fully saturated rings. The molecular formula is C14H28N2O4S. The van der Waals surface area contributed by atoms with E-state index >= 15 is 0 Å². The van der Waals surface area contributed by atoms with Crippen molar-refractivity contribution < 1.29 is 18.3 Å². The molecule has 0 aliphatic heterocycles. The summed E-state index contributed by atoms with van der Waals surface area (Å²) in [6.07, 6.45) is 4.25. The van der Waals surface area contributed by atoms with Crippen LogP contribution < -0.4 is 4.72 Å². The first-order chi connectivity index (χ1) is 9.78. The summed E-state index contributed by atoms with van der Waals surface area (Å²) < 4.78 is 29.1. The summed E-state index contributed by atoms with van der Waals surface area (Å²) in [7, 11) is -3.63. The normalized spacial score (nSPS) is 27.0. The number of rotatable bonds is 8. The lowest BCUT2D eigenvalue weighted by molar-refractivity contribution is -0.151. The number of carbonyl (C=O) groups is 1. The first kappa shape index (κ1) is 18.4. The van der Waals surface area contributed by atoms with E-state index in [1.165, 1.54) is 4.31 Å². The SMILES string of the molecule is CCCN(CCC)S(=O)(=O)NC1CCCCC1(C)C(=O)O. The lowest BCUT2D eigenvalue weighted by Crippen LogP contribution is -2.55. The molecule has 0 aromatic heterocycles. The lowest BCUT2D eigenvalue weighted by atomic mass is 9.72. The van der Waals surface area contributed by atoms with Gasteiger partial charge in [-0.1, -0.05) is 26.7 Å². The van der Waals surface area contributed by atoms with Crippen molar-refractivity contribution in [3.05, 3.63) is 0 Å². The van der Waals surface area contributed by atoms with E-state index in [9.17, 15) is 18.3 Å². The minimum atomic E-state index is -3.63. The Labute approximate surface area is 128 Å². The van der Waals surface area contributed by atoms with Crippen molar-refractivity contribution in [1.29, 1.82) is 0 Å². The largest absolute Gasteiger partial charge is 0.481 e. The Morgan fingerprint density at radius 2 is 1.86 bits per heavy atom. The van der Waals surface area contributed by atoms with Gasteiger partial charge in [0.2, 0.25) is 0 Å². The average Bonchev–Trinajstić information content (AvgIpc) is 2.41. The van der Waals surface area contributed by atoms with Crippen molar-refractivity contribution in [3.8, 4) is 0 Å². The van der Waals surface area contributed by atoms with Gasteiger partial charge in [-0.05, 0) is 32.6 Å². The summed E-state index contributed by atoms with van der Waals surface area (Å²) >= 11 is 0. The summed E-state index contributed by atoms with van der Waals surface area (Å²) in [5.74, 6) is -0.924. The first-order valence-corrected chi connectivity index (χ1v) is 9.22. The number of hydrogen-bond donors (Lipinski definition) is 2. The summed E-state index contributed by atoms with van der Waals surface area (Å²) in [6.45, 7) is 6.42. The topological polar surface area (TPSA) is 86.7 Å². The van der Waals surface area contributed by atoms with Gasteiger partial charge in [-0.25, -0.2) is 0 Å². The molecular weight excluding hydrogens is 292 g/mol. The van der Waals surface area contributed by atoms with Gasteiger partial charge in [0.25, 0.3) is 10.2 Å². The maximum Gasteiger partial charge on any atom is 0.310 e. The highest BCUT2D eigenvalue weighted by atomic mass is 32.2. The van der Waals surface area contributed by atoms with E-state index < -0.39 is 27.6 Å². The molecule has 0 bridgehead atoms. The first-order valence-electron chi connectivity index (χ1n) is 7.78. The van der Waals surface area contributed by atoms with Crippen LogP contribution >= 0.6 is 0 Å². The van der Waals surface area contributed by atoms with Crippen LogP contribution in [0.4, 0.5) is 0 Å². The van der Waals surface area contributed by atoms with Crippen molar-refractivity contribution >= 4 is 16.2 Å². The average molecular weight is 320 g/mol. The summed E-state index contributed by atoms with van der Waals surface area (Å²) in [6, 6.07) is -0.537. The molecule has 0 heterocycles. The zero-order valence-electron chi connectivity index (χ0n) is 13.3. The molecule has 1 saturated carbocycles. The Hall–Kier alpha value is -0.660. The molecule has 0 amide bonds. The predicted octanol–water partition coefficient (Wildman–Crippen LogP) is 1.98. The maximum absolute atomic E-state index is 12.5. The zero-order valence-corrected chi connectivity index (χ0v) is 14.1. The zero-order chi connectivity index (χ0) is 16.1. The fraction of sp³-hybridized carbons (Fsp3) is 0.929. The Morgan fingerprint density at radius 3 is 2.33 bits per heavy atom. The Balaban J connectivity index is 2.91. The van der Waals surface area contributed by atoms with E-state index in [1.807, 2.05) is 13.8 Å². The lowest BCUT2D eigenvalue weighted by Gasteiger charge is -2.39. The monoisotopic (exact) mass is 320 g/mol. The third-order valence-corrected chi connectivity index (χ3v) is 5.90. The predicted molar refractivity (Wildman–Crippen MR) is 82.2 cm³/mol. The molecule has 1 aliphatic rings. The molecule has 7 heteroatoms. The van der Waals surface area contributed by atoms with Crippen LogP contribution in [0, 0.1) is 5.41 Å². The third-order valence-electron chi connectivity index (χ3n) is 4.27. The van der Waals surface area contributed by atoms with Gasteiger partial charge in [0, 0.05) is 19.1 Å². The molecule has 124 valence electrons. The van der Waals surface area contributed by atoms with Crippen molar-refractivity contribution in [1.82, 2.24) is 9.03 Å². The summed E-state index contributed by atoms with van der Waals surface area (Å²) in [5, 5.41) is 9.46. The second-order valence-electron chi connectivity index (χ2n) is 6.04. The molecule has 0 spiro atoms. The van der Waals surface area contributed by atoms with E-state index in [-0.39, 0.29) is 0 Å². The van der Waals surface area contributed by atoms with Gasteiger partial charge < -0.3 is 5.11 Å². The molecule has 2 N–H and O–H groups in total. The van der Waals surface area contributed by atoms with E-state index in [1.54, 1.807) is 6.92 Å². The van der Waals surface area contributed by atoms with Gasteiger partial charge in [0.15, 0.2) is 0 Å². The second kappa shape index (κ2) is 7.56. The minimum absolute atomic E-state index is 0.458. The van der Waals surface area contributed by atoms with Gasteiger partial charge in [0.05, 0.1) is 5.41 Å². The number of nitrogens with one attached hydrogen (secondary N) is 1. The van der Waals surface area contributed by atoms with Crippen LogP contribution in [-0.4, -0.2) is 42.9 Å². The van der Waals surface area contributed by atoms with Gasteiger partial charge in [-0.15, -0.1) is 0 Å². The molecule has 0 aromatic rings. The smallest absolute Gasteiger partial charge is 0.310 e. The Morgan fingerprint density at radius 1 is 1.29 bits per heavy atom. The number of carboxylic acid groups (broad SMARTS) is 1.